The van der Waals surface area contributed by atoms with E-state index in [1.807, 2.05) is 0 Å². The van der Waals surface area contributed by atoms with Gasteiger partial charge >= 0.3 is 47.6 Å². The summed E-state index contributed by atoms with van der Waals surface area (Å²) in [5.74, 6) is -56.7. The Hall–Kier alpha value is -2.25. The first-order chi connectivity index (χ1) is 20.3. The molecule has 0 saturated carbocycles. The Bertz CT molecular complexity index is 1170. The quantitative estimate of drug-likeness (QED) is 0.105. The number of benzene rings is 1. The van der Waals surface area contributed by atoms with Crippen molar-refractivity contribution < 1.29 is 84.2 Å². The zero-order chi connectivity index (χ0) is 36.8. The molecule has 1 atom stereocenters. The lowest BCUT2D eigenvalue weighted by Gasteiger charge is -2.44. The van der Waals surface area contributed by atoms with Gasteiger partial charge in [-0.2, -0.15) is 74.6 Å². The van der Waals surface area contributed by atoms with E-state index in [-0.39, 0.29) is 12.2 Å². The minimum atomic E-state index is -8.66. The Balaban J connectivity index is 3.56. The number of aliphatic hydroxyl groups excluding tert-OH is 1. The smallest absolute Gasteiger partial charge is 0.460 e. The maximum Gasteiger partial charge on any atom is 0.460 e. The molecule has 0 fully saturated rings. The van der Waals surface area contributed by atoms with Crippen LogP contribution in [0.1, 0.15) is 52.2 Å². The Morgan fingerprint density at radius 1 is 0.652 bits per heavy atom. The van der Waals surface area contributed by atoms with Gasteiger partial charge in [0, 0.05) is 6.42 Å². The minimum Gasteiger partial charge on any atom is -0.543 e. The third-order valence-corrected chi connectivity index (χ3v) is 13.1. The van der Waals surface area contributed by atoms with Crippen LogP contribution in [0.4, 0.5) is 74.6 Å². The maximum atomic E-state index is 14.8. The fraction of sp³-hybridized carbons (Fsp3) is 0.692. The van der Waals surface area contributed by atoms with E-state index in [4.69, 9.17) is 4.43 Å². The number of hydrogen-bond donors (Lipinski definition) is 1. The van der Waals surface area contributed by atoms with E-state index in [1.54, 1.807) is 0 Å². The fourth-order valence-corrected chi connectivity index (χ4v) is 8.85. The third-order valence-electron chi connectivity index (χ3n) is 7.53. The molecule has 0 aliphatic carbocycles. The highest BCUT2D eigenvalue weighted by atomic mass is 28.4. The molecule has 268 valence electrons. The molecule has 0 aromatic heterocycles. The van der Waals surface area contributed by atoms with E-state index >= 15 is 0 Å². The SMILES string of the molecule is C=CC[C@H](O)c1ccc(O[Si](CCC(F)(F)C(F)(F)C(F)(F)C(F)(F)C(F)(F)C(F)(F)C(F)(F)C(F)(F)F)(C(C)C)C(C)C)cc1. The summed E-state index contributed by atoms with van der Waals surface area (Å²) < 4.78 is 238. The van der Waals surface area contributed by atoms with Gasteiger partial charge in [-0.1, -0.05) is 45.9 Å². The van der Waals surface area contributed by atoms with Crippen molar-refractivity contribution in [1.82, 2.24) is 0 Å². The van der Waals surface area contributed by atoms with Crippen LogP contribution in [-0.4, -0.2) is 61.1 Å². The topological polar surface area (TPSA) is 29.5 Å². The van der Waals surface area contributed by atoms with Gasteiger partial charge in [0.05, 0.1) is 6.10 Å². The summed E-state index contributed by atoms with van der Waals surface area (Å²) in [4.78, 5) is 0. The van der Waals surface area contributed by atoms with Gasteiger partial charge in [-0.15, -0.1) is 6.58 Å². The highest BCUT2D eigenvalue weighted by Gasteiger charge is 2.95. The summed E-state index contributed by atoms with van der Waals surface area (Å²) in [5.41, 5.74) is -1.38. The van der Waals surface area contributed by atoms with E-state index < -0.39 is 85.6 Å². The lowest BCUT2D eigenvalue weighted by Crippen LogP contribution is -2.74. The molecule has 0 unspecified atom stereocenters. The second-order valence-corrected chi connectivity index (χ2v) is 16.0. The average molecular weight is 725 g/mol. The Labute approximate surface area is 252 Å². The number of aliphatic hydroxyl groups is 1. The van der Waals surface area contributed by atoms with Gasteiger partial charge < -0.3 is 9.53 Å². The number of rotatable bonds is 16. The van der Waals surface area contributed by atoms with Crippen LogP contribution in [0.25, 0.3) is 0 Å². The second-order valence-electron chi connectivity index (χ2n) is 11.1. The van der Waals surface area contributed by atoms with Crippen LogP contribution in [0.2, 0.25) is 17.1 Å². The van der Waals surface area contributed by atoms with Crippen LogP contribution in [0.15, 0.2) is 36.9 Å². The monoisotopic (exact) mass is 724 g/mol. The lowest BCUT2D eigenvalue weighted by atomic mass is 9.88. The van der Waals surface area contributed by atoms with Crippen LogP contribution in [0.5, 0.6) is 5.75 Å². The predicted octanol–water partition coefficient (Wildman–Crippen LogP) is 10.8. The van der Waals surface area contributed by atoms with E-state index in [2.05, 4.69) is 6.58 Å². The number of halogens is 17. The third kappa shape index (κ3) is 6.70. The zero-order valence-corrected chi connectivity index (χ0v) is 25.2. The van der Waals surface area contributed by atoms with E-state index in [9.17, 15) is 79.7 Å². The van der Waals surface area contributed by atoms with Crippen molar-refractivity contribution in [2.45, 2.75) is 111 Å². The van der Waals surface area contributed by atoms with Gasteiger partial charge in [0.25, 0.3) is 8.32 Å². The Morgan fingerprint density at radius 2 is 1.02 bits per heavy atom. The van der Waals surface area contributed by atoms with Gasteiger partial charge in [-0.3, -0.25) is 0 Å². The molecule has 1 aromatic rings. The molecule has 0 aliphatic heterocycles. The van der Waals surface area contributed by atoms with Gasteiger partial charge in [-0.05, 0) is 41.2 Å². The zero-order valence-electron chi connectivity index (χ0n) is 24.2. The summed E-state index contributed by atoms with van der Waals surface area (Å²) >= 11 is 0. The minimum absolute atomic E-state index is 0.108. The van der Waals surface area contributed by atoms with Crippen molar-refractivity contribution in [3.05, 3.63) is 42.5 Å². The molecule has 0 aliphatic rings. The molecule has 46 heavy (non-hydrogen) atoms. The van der Waals surface area contributed by atoms with Crippen molar-refractivity contribution in [2.75, 3.05) is 0 Å². The Kier molecular flexibility index (Phi) is 11.8. The standard InChI is InChI=1S/C26H29F17O2Si/c1-6-7-18(44)16-8-10-17(11-9-16)45-46(14(2)3,15(4)5)13-12-19(27,28)20(29,30)21(31,32)22(33,34)23(35,36)24(37,38)25(39,40)26(41,42)43/h6,8-11,14-15,18,44H,1,7,12-13H2,2-5H3/t18-/m0/s1. The van der Waals surface area contributed by atoms with Crippen LogP contribution in [0, 0.1) is 0 Å². The summed E-state index contributed by atoms with van der Waals surface area (Å²) in [5, 5.41) is 10.0. The van der Waals surface area contributed by atoms with Crippen molar-refractivity contribution >= 4 is 8.32 Å². The summed E-state index contributed by atoms with van der Waals surface area (Å²) in [6.07, 6.45) is -9.88. The molecule has 0 radical (unpaired) electrons. The second kappa shape index (κ2) is 13.0. The fourth-order valence-electron chi connectivity index (χ4n) is 4.51. The van der Waals surface area contributed by atoms with Gasteiger partial charge in [0.15, 0.2) is 0 Å². The molecule has 0 spiro atoms. The van der Waals surface area contributed by atoms with Gasteiger partial charge in [0.1, 0.15) is 5.75 Å². The largest absolute Gasteiger partial charge is 0.543 e. The van der Waals surface area contributed by atoms with E-state index in [0.717, 1.165) is 0 Å². The van der Waals surface area contributed by atoms with Crippen LogP contribution in [-0.2, 0) is 0 Å². The summed E-state index contributed by atoms with van der Waals surface area (Å²) in [7, 11) is -3.97. The highest BCUT2D eigenvalue weighted by molar-refractivity contribution is 6.77. The first-order valence-corrected chi connectivity index (χ1v) is 15.3. The molecule has 0 amide bonds. The molecular formula is C26H29F17O2Si. The number of hydrogen-bond acceptors (Lipinski definition) is 2. The molecule has 1 aromatic carbocycles. The molecule has 0 heterocycles. The van der Waals surface area contributed by atoms with Crippen molar-refractivity contribution in [1.29, 1.82) is 0 Å². The maximum absolute atomic E-state index is 14.8. The molecule has 2 nitrogen and oxygen atoms in total. The molecule has 20 heteroatoms. The molecule has 1 rings (SSSR count). The molecule has 1 N–H and O–H groups in total. The lowest BCUT2D eigenvalue weighted by molar-refractivity contribution is -0.461. The molecule has 0 saturated heterocycles. The van der Waals surface area contributed by atoms with Crippen LogP contribution < -0.4 is 4.43 Å². The van der Waals surface area contributed by atoms with E-state index in [1.165, 1.54) is 58.0 Å². The van der Waals surface area contributed by atoms with Gasteiger partial charge in [-0.25, -0.2) is 0 Å². The van der Waals surface area contributed by atoms with Crippen molar-refractivity contribution in [3.63, 3.8) is 0 Å². The average Bonchev–Trinajstić information content (AvgIpc) is 2.89. The van der Waals surface area contributed by atoms with E-state index in [0.29, 0.717) is 5.56 Å². The number of alkyl halides is 17. The predicted molar refractivity (Wildman–Crippen MR) is 133 cm³/mol. The first kappa shape index (κ1) is 41.8. The van der Waals surface area contributed by atoms with Crippen molar-refractivity contribution in [3.8, 4) is 5.75 Å². The molecular weight excluding hydrogens is 695 g/mol. The molecule has 0 bridgehead atoms. The summed E-state index contributed by atoms with van der Waals surface area (Å²) in [6, 6.07) is 3.76. The normalized spacial score (nSPS) is 15.8. The van der Waals surface area contributed by atoms with Gasteiger partial charge in [0.2, 0.25) is 0 Å². The first-order valence-electron chi connectivity index (χ1n) is 13.1. The Morgan fingerprint density at radius 3 is 1.37 bits per heavy atom. The summed E-state index contributed by atoms with van der Waals surface area (Å²) in [6.45, 7) is 8.76. The highest BCUT2D eigenvalue weighted by Crippen LogP contribution is 2.64. The van der Waals surface area contributed by atoms with Crippen molar-refractivity contribution in [2.24, 2.45) is 0 Å². The van der Waals surface area contributed by atoms with Crippen LogP contribution >= 0.6 is 0 Å². The van der Waals surface area contributed by atoms with Crippen LogP contribution in [0.3, 0.4) is 0 Å².